The first-order chi connectivity index (χ1) is 40.5. The molecule has 87 heavy (non-hydrogen) atoms. The fraction of sp³-hybridized carbons (Fsp3) is 0.500. The summed E-state index contributed by atoms with van der Waals surface area (Å²) in [7, 11) is 4.34. The highest BCUT2D eigenvalue weighted by Gasteiger charge is 2.26. The Morgan fingerprint density at radius 2 is 1.03 bits per heavy atom. The minimum absolute atomic E-state index is 0.0390. The number of carbonyl (C=O) groups is 2. The van der Waals surface area contributed by atoms with E-state index in [0.717, 1.165) is 127 Å². The average molecular weight is 1200 g/mol. The standard InChI is InChI=1S/C21H22N4O.C17H26N2O.C14H24N4.C9H13ClN2.C9H14N2/c1-14-7-8-15(19(26)21(2,3)4)12-18(14)25-20-23-11-9-17(24-20)16-6-5-10-22-13-16;1-17(2,3)16(20)15-7-5-14(6-8-15)13-19-11-9-18(4)10-12-19;1-11-15-12(14(2,3)4)10-13(16-11)18-8-6-17(5)7-9-18;1-6-11-7(9(2,3)4)5-8(10)12-6;1-7-10-6-5-8(11-7)9(2,3)4/h5-13H,1-4H3,(H,23,24,25);5-8H,9-13H2,1-4H3;10H,6-9H2,1-5H3;5H,1-4H3;5-6H,1-4H3. The maximum Gasteiger partial charge on any atom is 0.227 e. The van der Waals surface area contributed by atoms with Crippen LogP contribution in [0, 0.1) is 38.5 Å². The van der Waals surface area contributed by atoms with Gasteiger partial charge in [0.1, 0.15) is 28.4 Å². The van der Waals surface area contributed by atoms with Gasteiger partial charge in [0.25, 0.3) is 0 Å². The van der Waals surface area contributed by atoms with Crippen LogP contribution in [0.25, 0.3) is 11.3 Å². The third kappa shape index (κ3) is 23.2. The number of aromatic nitrogens is 9. The van der Waals surface area contributed by atoms with E-state index in [9.17, 15) is 9.59 Å². The number of rotatable bonds is 8. The van der Waals surface area contributed by atoms with E-state index in [4.69, 9.17) is 11.6 Å². The van der Waals surface area contributed by atoms with Crippen molar-refractivity contribution in [1.29, 1.82) is 0 Å². The topological polar surface area (TPSA) is 175 Å². The van der Waals surface area contributed by atoms with Gasteiger partial charge in [-0.2, -0.15) is 0 Å². The summed E-state index contributed by atoms with van der Waals surface area (Å²) >= 11 is 5.81. The van der Waals surface area contributed by atoms with E-state index >= 15 is 0 Å². The second-order valence-electron chi connectivity index (χ2n) is 27.9. The number of halogens is 1. The monoisotopic (exact) mass is 1200 g/mol. The Kier molecular flexibility index (Phi) is 25.0. The summed E-state index contributed by atoms with van der Waals surface area (Å²) in [6, 6.07) is 25.4. The molecule has 0 unspecified atom stereocenters. The molecule has 2 aliphatic rings. The number of likely N-dealkylation sites (N-methyl/N-ethyl adjacent to an activating group) is 2. The molecule has 2 fully saturated rings. The van der Waals surface area contributed by atoms with Gasteiger partial charge in [0.2, 0.25) is 5.95 Å². The van der Waals surface area contributed by atoms with Gasteiger partial charge in [0.05, 0.1) is 17.1 Å². The lowest BCUT2D eigenvalue weighted by atomic mass is 9.86. The molecule has 9 rings (SSSR count). The molecule has 0 amide bonds. The zero-order valence-electron chi connectivity index (χ0n) is 56.2. The van der Waals surface area contributed by atoms with Gasteiger partial charge in [0, 0.05) is 145 Å². The van der Waals surface area contributed by atoms with Gasteiger partial charge in [0.15, 0.2) is 11.6 Å². The molecule has 0 saturated carbocycles. The number of pyridine rings is 1. The Morgan fingerprint density at radius 3 is 1.55 bits per heavy atom. The smallest absolute Gasteiger partial charge is 0.227 e. The molecule has 16 nitrogen and oxygen atoms in total. The lowest BCUT2D eigenvalue weighted by Gasteiger charge is -2.33. The van der Waals surface area contributed by atoms with E-state index in [1.807, 2.05) is 136 Å². The molecule has 2 aliphatic heterocycles. The normalized spacial score (nSPS) is 14.4. The van der Waals surface area contributed by atoms with Crippen LogP contribution < -0.4 is 10.2 Å². The summed E-state index contributed by atoms with van der Waals surface area (Å²) in [5.74, 6) is 4.32. The summed E-state index contributed by atoms with van der Waals surface area (Å²) in [5.41, 5.74) is 9.07. The number of hydrogen-bond acceptors (Lipinski definition) is 16. The van der Waals surface area contributed by atoms with E-state index < -0.39 is 5.41 Å². The van der Waals surface area contributed by atoms with Gasteiger partial charge in [-0.1, -0.05) is 152 Å². The lowest BCUT2D eigenvalue weighted by molar-refractivity contribution is 0.0852. The second kappa shape index (κ2) is 30.8. The van der Waals surface area contributed by atoms with Crippen molar-refractivity contribution in [3.05, 3.63) is 166 Å². The largest absolute Gasteiger partial charge is 0.354 e. The third-order valence-electron chi connectivity index (χ3n) is 14.5. The van der Waals surface area contributed by atoms with Crippen molar-refractivity contribution in [2.75, 3.05) is 76.7 Å². The van der Waals surface area contributed by atoms with Gasteiger partial charge in [-0.05, 0) is 89.3 Å². The molecular formula is C70H99ClN14O2. The maximum atomic E-state index is 12.6. The van der Waals surface area contributed by atoms with Crippen LogP contribution in [-0.2, 0) is 22.8 Å². The van der Waals surface area contributed by atoms with Gasteiger partial charge in [-0.3, -0.25) is 19.5 Å². The first-order valence-electron chi connectivity index (χ1n) is 30.3. The van der Waals surface area contributed by atoms with Crippen molar-refractivity contribution in [3.63, 3.8) is 0 Å². The van der Waals surface area contributed by atoms with Crippen LogP contribution in [0.2, 0.25) is 5.15 Å². The van der Waals surface area contributed by atoms with Crippen LogP contribution in [0.1, 0.15) is 170 Å². The number of hydrogen-bond donors (Lipinski definition) is 1. The highest BCUT2D eigenvalue weighted by atomic mass is 35.5. The predicted octanol–water partition coefficient (Wildman–Crippen LogP) is 14.1. The quantitative estimate of drug-likeness (QED) is 0.112. The predicted molar refractivity (Wildman–Crippen MR) is 358 cm³/mol. The van der Waals surface area contributed by atoms with E-state index in [0.29, 0.717) is 16.7 Å². The molecule has 468 valence electrons. The Hall–Kier alpha value is -6.98. The first kappa shape index (κ1) is 70.8. The lowest BCUT2D eigenvalue weighted by Crippen LogP contribution is -2.45. The summed E-state index contributed by atoms with van der Waals surface area (Å²) in [6.07, 6.45) is 7.00. The molecule has 2 aromatic carbocycles. The number of ketones is 2. The Labute approximate surface area is 525 Å². The highest BCUT2D eigenvalue weighted by molar-refractivity contribution is 6.29. The fourth-order valence-electron chi connectivity index (χ4n) is 8.93. The van der Waals surface area contributed by atoms with Gasteiger partial charge < -0.3 is 20.0 Å². The Morgan fingerprint density at radius 1 is 0.517 bits per heavy atom. The second-order valence-corrected chi connectivity index (χ2v) is 28.3. The number of aryl methyl sites for hydroxylation is 4. The van der Waals surface area contributed by atoms with Gasteiger partial charge in [-0.25, -0.2) is 39.9 Å². The number of nitrogens with one attached hydrogen (secondary N) is 1. The number of Topliss-reactive ketones (excluding diaryl/α,β-unsaturated/α-hetero) is 2. The molecule has 2 saturated heterocycles. The molecular weight excluding hydrogens is 1100 g/mol. The molecule has 7 heterocycles. The molecule has 17 heteroatoms. The summed E-state index contributed by atoms with van der Waals surface area (Å²) in [4.78, 5) is 73.1. The van der Waals surface area contributed by atoms with Crippen molar-refractivity contribution in [2.45, 2.75) is 154 Å². The molecule has 0 bridgehead atoms. The number of benzene rings is 2. The summed E-state index contributed by atoms with van der Waals surface area (Å²) in [5, 5.41) is 3.75. The van der Waals surface area contributed by atoms with Crippen molar-refractivity contribution < 1.29 is 9.59 Å². The minimum Gasteiger partial charge on any atom is -0.354 e. The van der Waals surface area contributed by atoms with Crippen molar-refractivity contribution in [3.8, 4) is 11.3 Å². The minimum atomic E-state index is -0.427. The Bertz CT molecular complexity index is 3300. The fourth-order valence-corrected chi connectivity index (χ4v) is 9.15. The molecule has 5 aromatic heterocycles. The van der Waals surface area contributed by atoms with Crippen LogP contribution in [0.5, 0.6) is 0 Å². The Balaban J connectivity index is 0.000000205. The summed E-state index contributed by atoms with van der Waals surface area (Å²) < 4.78 is 0. The van der Waals surface area contributed by atoms with Gasteiger partial charge >= 0.3 is 0 Å². The van der Waals surface area contributed by atoms with Crippen LogP contribution >= 0.6 is 11.6 Å². The van der Waals surface area contributed by atoms with Gasteiger partial charge in [-0.15, -0.1) is 0 Å². The highest BCUT2D eigenvalue weighted by Crippen LogP contribution is 2.29. The van der Waals surface area contributed by atoms with E-state index in [-0.39, 0.29) is 33.2 Å². The van der Waals surface area contributed by atoms with Crippen molar-refractivity contribution >= 4 is 40.6 Å². The van der Waals surface area contributed by atoms with E-state index in [1.165, 1.54) is 5.56 Å². The summed E-state index contributed by atoms with van der Waals surface area (Å²) in [6.45, 7) is 48.5. The number of carbonyl (C=O) groups excluding carboxylic acids is 2. The molecule has 0 radical (unpaired) electrons. The average Bonchev–Trinajstić information content (AvgIpc) is 3.54. The molecule has 7 aromatic rings. The zero-order valence-corrected chi connectivity index (χ0v) is 56.9. The zero-order chi connectivity index (χ0) is 64.7. The number of anilines is 3. The maximum absolute atomic E-state index is 12.6. The molecule has 1 N–H and O–H groups in total. The molecule has 0 aliphatic carbocycles. The number of nitrogens with zero attached hydrogens (tertiary/aromatic N) is 13. The first-order valence-corrected chi connectivity index (χ1v) is 30.7. The molecule has 0 spiro atoms. The SMILES string of the molecule is CN1CCN(Cc2ccc(C(=O)C(C)(C)C)cc2)CC1.Cc1ccc(C(=O)C(C)(C)C)cc1Nc1nccc(-c2cccnc2)n1.Cc1nc(Cl)cc(C(C)(C)C)n1.Cc1nc(N2CCN(C)CC2)cc(C(C)(C)C)n1.Cc1nccc(C(C)(C)C)n1. The van der Waals surface area contributed by atoms with Crippen molar-refractivity contribution in [1.82, 2.24) is 59.6 Å². The van der Waals surface area contributed by atoms with Crippen LogP contribution in [0.15, 0.2) is 104 Å². The molecule has 0 atom stereocenters. The van der Waals surface area contributed by atoms with Crippen molar-refractivity contribution in [2.24, 2.45) is 10.8 Å². The number of piperazine rings is 2. The van der Waals surface area contributed by atoms with E-state index in [2.05, 4.69) is 164 Å². The van der Waals surface area contributed by atoms with E-state index in [1.54, 1.807) is 18.6 Å². The van der Waals surface area contributed by atoms with Crippen LogP contribution in [0.3, 0.4) is 0 Å². The van der Waals surface area contributed by atoms with Crippen LogP contribution in [-0.4, -0.2) is 138 Å². The third-order valence-corrected chi connectivity index (χ3v) is 14.7. The van der Waals surface area contributed by atoms with Crippen LogP contribution in [0.4, 0.5) is 17.5 Å².